The molecule has 3 rings (SSSR count). The lowest BCUT2D eigenvalue weighted by Crippen LogP contribution is -2.25. The molecule has 0 aliphatic carbocycles. The number of benzene rings is 2. The van der Waals surface area contributed by atoms with Gasteiger partial charge in [0.25, 0.3) is 5.91 Å². The number of rotatable bonds is 7. The highest BCUT2D eigenvalue weighted by molar-refractivity contribution is 5.95. The monoisotopic (exact) mass is 374 g/mol. The van der Waals surface area contributed by atoms with Crippen LogP contribution in [0.5, 0.6) is 0 Å². The van der Waals surface area contributed by atoms with Gasteiger partial charge in [0.05, 0.1) is 5.69 Å². The highest BCUT2D eigenvalue weighted by Gasteiger charge is 2.07. The molecule has 0 fully saturated rings. The summed E-state index contributed by atoms with van der Waals surface area (Å²) in [5.41, 5.74) is 4.49. The van der Waals surface area contributed by atoms with Crippen LogP contribution in [0.3, 0.4) is 0 Å². The molecule has 3 aromatic rings. The number of hydrogen-bond acceptors (Lipinski definition) is 4. The van der Waals surface area contributed by atoms with Gasteiger partial charge in [-0.15, -0.1) is 10.2 Å². The second-order valence-electron chi connectivity index (χ2n) is 7.31. The maximum absolute atomic E-state index is 12.3. The highest BCUT2D eigenvalue weighted by atomic mass is 16.1. The first kappa shape index (κ1) is 19.5. The molecule has 28 heavy (non-hydrogen) atoms. The lowest BCUT2D eigenvalue weighted by atomic mass is 10.1. The summed E-state index contributed by atoms with van der Waals surface area (Å²) in [4.78, 5) is 12.3. The number of nitrogens with zero attached hydrogens (tertiary/aromatic N) is 2. The molecule has 5 nitrogen and oxygen atoms in total. The minimum absolute atomic E-state index is 0.0647. The van der Waals surface area contributed by atoms with E-state index in [0.717, 1.165) is 23.4 Å². The fourth-order valence-corrected chi connectivity index (χ4v) is 2.74. The molecule has 2 N–H and O–H groups in total. The standard InChI is InChI=1S/C23H26N4O/c1-16(2)13-14-24-23(28)19-5-4-6-20(15-19)25-22-12-11-21(26-27-22)18-9-7-17(3)8-10-18/h4-12,15-16H,13-14H2,1-3H3,(H,24,28)(H,25,27). The Morgan fingerprint density at radius 2 is 1.79 bits per heavy atom. The molecule has 5 heteroatoms. The molecule has 1 amide bonds. The van der Waals surface area contributed by atoms with Gasteiger partial charge in [0.1, 0.15) is 0 Å². The third-order valence-electron chi connectivity index (χ3n) is 4.42. The van der Waals surface area contributed by atoms with Gasteiger partial charge in [0.15, 0.2) is 5.82 Å². The second-order valence-corrected chi connectivity index (χ2v) is 7.31. The first-order chi connectivity index (χ1) is 13.5. The molecule has 0 radical (unpaired) electrons. The summed E-state index contributed by atoms with van der Waals surface area (Å²) in [6, 6.07) is 19.4. The number of carbonyl (C=O) groups is 1. The molecule has 144 valence electrons. The number of aromatic nitrogens is 2. The van der Waals surface area contributed by atoms with E-state index in [1.165, 1.54) is 5.56 Å². The zero-order valence-corrected chi connectivity index (χ0v) is 16.6. The molecule has 1 aromatic heterocycles. The third kappa shape index (κ3) is 5.39. The molecule has 0 aliphatic heterocycles. The maximum atomic E-state index is 12.3. The van der Waals surface area contributed by atoms with Crippen molar-refractivity contribution in [1.29, 1.82) is 0 Å². The van der Waals surface area contributed by atoms with Gasteiger partial charge in [-0.25, -0.2) is 0 Å². The molecule has 2 aromatic carbocycles. The lowest BCUT2D eigenvalue weighted by molar-refractivity contribution is 0.0952. The van der Waals surface area contributed by atoms with E-state index >= 15 is 0 Å². The van der Waals surface area contributed by atoms with Crippen molar-refractivity contribution in [3.05, 3.63) is 71.8 Å². The molecule has 1 heterocycles. The number of hydrogen-bond donors (Lipinski definition) is 2. The fourth-order valence-electron chi connectivity index (χ4n) is 2.74. The second kappa shape index (κ2) is 9.13. The molecular formula is C23H26N4O. The van der Waals surface area contributed by atoms with Gasteiger partial charge in [0.2, 0.25) is 0 Å². The van der Waals surface area contributed by atoms with Crippen molar-refractivity contribution in [3.63, 3.8) is 0 Å². The zero-order valence-electron chi connectivity index (χ0n) is 16.6. The van der Waals surface area contributed by atoms with Crippen molar-refractivity contribution in [2.75, 3.05) is 11.9 Å². The van der Waals surface area contributed by atoms with Gasteiger partial charge in [-0.2, -0.15) is 0 Å². The summed E-state index contributed by atoms with van der Waals surface area (Å²) in [5.74, 6) is 1.13. The number of anilines is 2. The Balaban J connectivity index is 1.65. The Morgan fingerprint density at radius 1 is 1.00 bits per heavy atom. The predicted molar refractivity (Wildman–Crippen MR) is 114 cm³/mol. The van der Waals surface area contributed by atoms with E-state index in [-0.39, 0.29) is 5.91 Å². The Hall–Kier alpha value is -3.21. The fraction of sp³-hybridized carbons (Fsp3) is 0.261. The van der Waals surface area contributed by atoms with Crippen LogP contribution in [0.4, 0.5) is 11.5 Å². The van der Waals surface area contributed by atoms with Crippen LogP contribution in [0, 0.1) is 12.8 Å². The van der Waals surface area contributed by atoms with Gasteiger partial charge in [0, 0.05) is 23.4 Å². The Bertz CT molecular complexity index is 918. The van der Waals surface area contributed by atoms with Gasteiger partial charge < -0.3 is 10.6 Å². The Kier molecular flexibility index (Phi) is 6.37. The summed E-state index contributed by atoms with van der Waals surface area (Å²) >= 11 is 0. The van der Waals surface area contributed by atoms with Crippen molar-refractivity contribution < 1.29 is 4.79 Å². The van der Waals surface area contributed by atoms with E-state index in [1.54, 1.807) is 0 Å². The van der Waals surface area contributed by atoms with E-state index in [1.807, 2.05) is 48.5 Å². The van der Waals surface area contributed by atoms with Crippen LogP contribution in [0.15, 0.2) is 60.7 Å². The van der Waals surface area contributed by atoms with Gasteiger partial charge in [-0.05, 0) is 49.6 Å². The van der Waals surface area contributed by atoms with Crippen molar-refractivity contribution in [1.82, 2.24) is 15.5 Å². The quantitative estimate of drug-likeness (QED) is 0.613. The zero-order chi connectivity index (χ0) is 19.9. The van der Waals surface area contributed by atoms with Crippen molar-refractivity contribution in [2.45, 2.75) is 27.2 Å². The maximum Gasteiger partial charge on any atom is 0.251 e. The number of amides is 1. The van der Waals surface area contributed by atoms with Crippen LogP contribution in [-0.2, 0) is 0 Å². The van der Waals surface area contributed by atoms with Crippen LogP contribution in [0.1, 0.15) is 36.2 Å². The molecule has 0 saturated heterocycles. The van der Waals surface area contributed by atoms with Gasteiger partial charge in [-0.3, -0.25) is 4.79 Å². The minimum atomic E-state index is -0.0647. The van der Waals surface area contributed by atoms with Gasteiger partial charge >= 0.3 is 0 Å². The molecule has 0 atom stereocenters. The van der Waals surface area contributed by atoms with Crippen molar-refractivity contribution in [2.24, 2.45) is 5.92 Å². The Morgan fingerprint density at radius 3 is 2.46 bits per heavy atom. The minimum Gasteiger partial charge on any atom is -0.352 e. The molecule has 0 spiro atoms. The van der Waals surface area contributed by atoms with Crippen LogP contribution >= 0.6 is 0 Å². The summed E-state index contributed by atoms with van der Waals surface area (Å²) in [5, 5.41) is 14.7. The largest absolute Gasteiger partial charge is 0.352 e. The summed E-state index contributed by atoms with van der Waals surface area (Å²) in [6.07, 6.45) is 0.965. The summed E-state index contributed by atoms with van der Waals surface area (Å²) in [6.45, 7) is 7.02. The number of nitrogens with one attached hydrogen (secondary N) is 2. The molecule has 0 bridgehead atoms. The highest BCUT2D eigenvalue weighted by Crippen LogP contribution is 2.20. The first-order valence-corrected chi connectivity index (χ1v) is 9.57. The summed E-state index contributed by atoms with van der Waals surface area (Å²) in [7, 11) is 0. The van der Waals surface area contributed by atoms with Crippen LogP contribution in [0.2, 0.25) is 0 Å². The summed E-state index contributed by atoms with van der Waals surface area (Å²) < 4.78 is 0. The van der Waals surface area contributed by atoms with Crippen molar-refractivity contribution in [3.8, 4) is 11.3 Å². The molecule has 0 aliphatic rings. The average molecular weight is 374 g/mol. The third-order valence-corrected chi connectivity index (χ3v) is 4.42. The number of aryl methyl sites for hydroxylation is 1. The molecule has 0 saturated carbocycles. The smallest absolute Gasteiger partial charge is 0.251 e. The first-order valence-electron chi connectivity index (χ1n) is 9.57. The van der Waals surface area contributed by atoms with Crippen molar-refractivity contribution >= 4 is 17.4 Å². The van der Waals surface area contributed by atoms with Crippen LogP contribution in [0.25, 0.3) is 11.3 Å². The number of carbonyl (C=O) groups excluding carboxylic acids is 1. The van der Waals surface area contributed by atoms with Crippen LogP contribution in [-0.4, -0.2) is 22.6 Å². The molecule has 0 unspecified atom stereocenters. The topological polar surface area (TPSA) is 66.9 Å². The normalized spacial score (nSPS) is 10.7. The predicted octanol–water partition coefficient (Wildman–Crippen LogP) is 4.97. The van der Waals surface area contributed by atoms with Gasteiger partial charge in [-0.1, -0.05) is 49.7 Å². The Labute approximate surface area is 166 Å². The SMILES string of the molecule is Cc1ccc(-c2ccc(Nc3cccc(C(=O)NCCC(C)C)c3)nn2)cc1. The van der Waals surface area contributed by atoms with E-state index < -0.39 is 0 Å². The van der Waals surface area contributed by atoms with E-state index in [0.29, 0.717) is 23.8 Å². The average Bonchev–Trinajstić information content (AvgIpc) is 2.69. The van der Waals surface area contributed by atoms with Crippen LogP contribution < -0.4 is 10.6 Å². The van der Waals surface area contributed by atoms with E-state index in [9.17, 15) is 4.79 Å². The van der Waals surface area contributed by atoms with E-state index in [4.69, 9.17) is 0 Å². The molecular weight excluding hydrogens is 348 g/mol. The van der Waals surface area contributed by atoms with E-state index in [2.05, 4.69) is 53.7 Å². The lowest BCUT2D eigenvalue weighted by Gasteiger charge is -2.10.